The van der Waals surface area contributed by atoms with Gasteiger partial charge in [0, 0.05) is 5.41 Å². The van der Waals surface area contributed by atoms with Crippen molar-refractivity contribution in [2.45, 2.75) is 46.0 Å². The highest BCUT2D eigenvalue weighted by molar-refractivity contribution is 5.76. The molecule has 0 fully saturated rings. The number of benzene rings is 1. The molecule has 1 heterocycles. The van der Waals surface area contributed by atoms with Crippen molar-refractivity contribution >= 4 is 11.0 Å². The molecule has 1 aromatic carbocycles. The number of nitrogens with two attached hydrogens (primary N) is 1. The molecule has 104 valence electrons. The highest BCUT2D eigenvalue weighted by Crippen LogP contribution is 2.28. The summed E-state index contributed by atoms with van der Waals surface area (Å²) in [7, 11) is 0. The van der Waals surface area contributed by atoms with E-state index in [-0.39, 0.29) is 5.41 Å². The van der Waals surface area contributed by atoms with Crippen molar-refractivity contribution in [2.75, 3.05) is 6.54 Å². The molecule has 1 atom stereocenters. The number of aromatic nitrogens is 2. The molecule has 1 unspecified atom stereocenters. The fourth-order valence-electron chi connectivity index (χ4n) is 2.41. The second-order valence-corrected chi connectivity index (χ2v) is 6.70. The molecule has 0 saturated carbocycles. The third-order valence-electron chi connectivity index (χ3n) is 3.70. The zero-order valence-corrected chi connectivity index (χ0v) is 12.6. The van der Waals surface area contributed by atoms with E-state index >= 15 is 0 Å². The monoisotopic (exact) mass is 259 g/mol. The van der Waals surface area contributed by atoms with Crippen LogP contribution in [0.5, 0.6) is 0 Å². The van der Waals surface area contributed by atoms with E-state index in [9.17, 15) is 0 Å². The minimum absolute atomic E-state index is 0.0461. The molecule has 0 saturated heterocycles. The maximum absolute atomic E-state index is 5.90. The summed E-state index contributed by atoms with van der Waals surface area (Å²) in [5.74, 6) is 1.99. The van der Waals surface area contributed by atoms with Crippen LogP contribution < -0.4 is 5.73 Å². The van der Waals surface area contributed by atoms with Crippen LogP contribution >= 0.6 is 0 Å². The van der Waals surface area contributed by atoms with Gasteiger partial charge in [0.1, 0.15) is 5.82 Å². The fraction of sp³-hybridized carbons (Fsp3) is 0.562. The number of nitrogens with zero attached hydrogens (tertiary/aromatic N) is 1. The van der Waals surface area contributed by atoms with Gasteiger partial charge in [0.25, 0.3) is 0 Å². The zero-order valence-electron chi connectivity index (χ0n) is 12.6. The molecule has 0 amide bonds. The van der Waals surface area contributed by atoms with Gasteiger partial charge in [-0.3, -0.25) is 0 Å². The van der Waals surface area contributed by atoms with E-state index in [1.807, 2.05) is 0 Å². The Morgan fingerprint density at radius 2 is 1.95 bits per heavy atom. The summed E-state index contributed by atoms with van der Waals surface area (Å²) in [6, 6.07) is 6.46. The highest BCUT2D eigenvalue weighted by Gasteiger charge is 2.19. The van der Waals surface area contributed by atoms with Crippen molar-refractivity contribution in [1.82, 2.24) is 9.97 Å². The molecule has 2 rings (SSSR count). The predicted molar refractivity (Wildman–Crippen MR) is 81.4 cm³/mol. The molecule has 0 aliphatic heterocycles. The largest absolute Gasteiger partial charge is 0.342 e. The number of H-pyrrole nitrogens is 1. The lowest BCUT2D eigenvalue weighted by atomic mass is 9.88. The Morgan fingerprint density at radius 1 is 1.26 bits per heavy atom. The van der Waals surface area contributed by atoms with Crippen LogP contribution in [0.1, 0.15) is 51.9 Å². The van der Waals surface area contributed by atoms with E-state index in [1.54, 1.807) is 0 Å². The van der Waals surface area contributed by atoms with Gasteiger partial charge < -0.3 is 10.7 Å². The predicted octanol–water partition coefficient (Wildman–Crippen LogP) is 3.56. The molecular weight excluding hydrogens is 234 g/mol. The molecule has 2 aromatic rings. The van der Waals surface area contributed by atoms with E-state index in [0.29, 0.717) is 18.4 Å². The molecular formula is C16H25N3. The molecule has 19 heavy (non-hydrogen) atoms. The minimum Gasteiger partial charge on any atom is -0.342 e. The smallest absolute Gasteiger partial charge is 0.112 e. The Balaban J connectivity index is 2.46. The maximum Gasteiger partial charge on any atom is 0.112 e. The molecule has 0 radical (unpaired) electrons. The van der Waals surface area contributed by atoms with E-state index in [2.05, 4.69) is 62.8 Å². The topological polar surface area (TPSA) is 54.7 Å². The van der Waals surface area contributed by atoms with Crippen LogP contribution in [0.3, 0.4) is 0 Å². The Kier molecular flexibility index (Phi) is 3.68. The number of rotatable bonds is 3. The Bertz CT molecular complexity index is 561. The van der Waals surface area contributed by atoms with Crippen molar-refractivity contribution in [3.8, 4) is 0 Å². The second kappa shape index (κ2) is 4.97. The number of hydrogen-bond acceptors (Lipinski definition) is 2. The van der Waals surface area contributed by atoms with E-state index in [1.165, 1.54) is 5.56 Å². The van der Waals surface area contributed by atoms with Crippen molar-refractivity contribution < 1.29 is 0 Å². The van der Waals surface area contributed by atoms with E-state index in [4.69, 9.17) is 5.73 Å². The van der Waals surface area contributed by atoms with Crippen LogP contribution in [0.4, 0.5) is 0 Å². The average Bonchev–Trinajstić information content (AvgIpc) is 2.72. The number of aromatic amines is 1. The van der Waals surface area contributed by atoms with Crippen LogP contribution in [0, 0.1) is 5.92 Å². The van der Waals surface area contributed by atoms with Crippen LogP contribution in [-0.4, -0.2) is 16.5 Å². The summed E-state index contributed by atoms with van der Waals surface area (Å²) in [5.41, 5.74) is 9.39. The first-order valence-corrected chi connectivity index (χ1v) is 7.03. The summed E-state index contributed by atoms with van der Waals surface area (Å²) in [5, 5.41) is 0. The van der Waals surface area contributed by atoms with Crippen molar-refractivity contribution in [2.24, 2.45) is 11.7 Å². The van der Waals surface area contributed by atoms with Crippen LogP contribution in [0.2, 0.25) is 0 Å². The van der Waals surface area contributed by atoms with Crippen LogP contribution in [0.15, 0.2) is 18.2 Å². The van der Waals surface area contributed by atoms with Gasteiger partial charge in [0.2, 0.25) is 0 Å². The average molecular weight is 259 g/mol. The van der Waals surface area contributed by atoms with Gasteiger partial charge in [0.15, 0.2) is 0 Å². The molecule has 3 heteroatoms. The lowest BCUT2D eigenvalue weighted by Crippen LogP contribution is -2.17. The quantitative estimate of drug-likeness (QED) is 0.885. The summed E-state index contributed by atoms with van der Waals surface area (Å²) in [6.45, 7) is 11.6. The molecule has 0 spiro atoms. The fourth-order valence-corrected chi connectivity index (χ4v) is 2.41. The number of fused-ring (bicyclic) bond motifs is 1. The lowest BCUT2D eigenvalue weighted by molar-refractivity contribution is 0.506. The Labute approximate surface area is 115 Å². The normalized spacial score (nSPS) is 14.3. The number of imidazole rings is 1. The first-order chi connectivity index (χ1) is 8.82. The summed E-state index contributed by atoms with van der Waals surface area (Å²) >= 11 is 0. The van der Waals surface area contributed by atoms with Gasteiger partial charge in [-0.05, 0) is 36.1 Å². The lowest BCUT2D eigenvalue weighted by Gasteiger charge is -2.19. The summed E-state index contributed by atoms with van der Waals surface area (Å²) < 4.78 is 0. The molecule has 0 aliphatic rings. The highest BCUT2D eigenvalue weighted by atomic mass is 14.9. The first-order valence-electron chi connectivity index (χ1n) is 7.03. The zero-order chi connectivity index (χ0) is 14.2. The Morgan fingerprint density at radius 3 is 2.47 bits per heavy atom. The number of hydrogen-bond donors (Lipinski definition) is 2. The summed E-state index contributed by atoms with van der Waals surface area (Å²) in [4.78, 5) is 8.11. The van der Waals surface area contributed by atoms with Crippen molar-refractivity contribution in [3.63, 3.8) is 0 Å². The van der Waals surface area contributed by atoms with Gasteiger partial charge in [0.05, 0.1) is 11.0 Å². The van der Waals surface area contributed by atoms with Crippen LogP contribution in [-0.2, 0) is 5.41 Å². The standard InChI is InChI=1S/C16H25N3/c1-10(2)12(9-17)11-6-7-13-14(8-11)19-15(18-13)16(3,4)5/h6-8,10,12H,9,17H2,1-5H3,(H,18,19). The van der Waals surface area contributed by atoms with Gasteiger partial charge >= 0.3 is 0 Å². The van der Waals surface area contributed by atoms with E-state index < -0.39 is 0 Å². The van der Waals surface area contributed by atoms with Gasteiger partial charge in [-0.2, -0.15) is 0 Å². The van der Waals surface area contributed by atoms with Crippen molar-refractivity contribution in [1.29, 1.82) is 0 Å². The molecule has 1 aromatic heterocycles. The van der Waals surface area contributed by atoms with Gasteiger partial charge in [-0.25, -0.2) is 4.98 Å². The van der Waals surface area contributed by atoms with E-state index in [0.717, 1.165) is 16.9 Å². The van der Waals surface area contributed by atoms with Gasteiger partial charge in [-0.1, -0.05) is 40.7 Å². The molecule has 0 bridgehead atoms. The number of nitrogens with one attached hydrogen (secondary N) is 1. The van der Waals surface area contributed by atoms with Gasteiger partial charge in [-0.15, -0.1) is 0 Å². The molecule has 0 aliphatic carbocycles. The Hall–Kier alpha value is -1.35. The maximum atomic E-state index is 5.90. The van der Waals surface area contributed by atoms with Crippen molar-refractivity contribution in [3.05, 3.63) is 29.6 Å². The first kappa shape index (κ1) is 14.1. The van der Waals surface area contributed by atoms with Crippen LogP contribution in [0.25, 0.3) is 11.0 Å². The summed E-state index contributed by atoms with van der Waals surface area (Å²) in [6.07, 6.45) is 0. The third-order valence-corrected chi connectivity index (χ3v) is 3.70. The second-order valence-electron chi connectivity index (χ2n) is 6.70. The SMILES string of the molecule is CC(C)C(CN)c1ccc2nc(C(C)(C)C)[nH]c2c1. The molecule has 3 nitrogen and oxygen atoms in total. The third kappa shape index (κ3) is 2.81. The minimum atomic E-state index is 0.0461. The molecule has 3 N–H and O–H groups in total.